The molecule has 0 aromatic rings. The predicted octanol–water partition coefficient (Wildman–Crippen LogP) is -1.56. The average molecular weight is 160 g/mol. The van der Waals surface area contributed by atoms with E-state index in [2.05, 4.69) is 0 Å². The summed E-state index contributed by atoms with van der Waals surface area (Å²) >= 11 is 0. The number of rotatable bonds is 6. The highest BCUT2D eigenvalue weighted by molar-refractivity contribution is 4.68. The molecule has 0 saturated heterocycles. The second kappa shape index (κ2) is 6.54. The third-order valence-electron chi connectivity index (χ3n) is 2.00. The topological polar surface area (TPSA) is 104 Å². The Morgan fingerprint density at radius 2 is 0.909 bits per heavy atom. The first kappa shape index (κ1) is 10.8. The number of nitrogens with two attached hydrogens (primary N) is 4. The van der Waals surface area contributed by atoms with Crippen molar-refractivity contribution in [3.8, 4) is 0 Å². The second-order valence-corrected chi connectivity index (χ2v) is 2.91. The summed E-state index contributed by atoms with van der Waals surface area (Å²) in [4.78, 5) is 0. The Morgan fingerprint density at radius 1 is 0.636 bits per heavy atom. The molecule has 4 heteroatoms. The Bertz CT molecular complexity index is 68.5. The van der Waals surface area contributed by atoms with Gasteiger partial charge in [-0.2, -0.15) is 0 Å². The minimum Gasteiger partial charge on any atom is -0.330 e. The van der Waals surface area contributed by atoms with Gasteiger partial charge in [-0.15, -0.1) is 0 Å². The van der Waals surface area contributed by atoms with Gasteiger partial charge in [0.2, 0.25) is 0 Å². The van der Waals surface area contributed by atoms with Crippen LogP contribution in [0.1, 0.15) is 6.42 Å². The van der Waals surface area contributed by atoms with E-state index in [1.54, 1.807) is 0 Å². The van der Waals surface area contributed by atoms with Crippen molar-refractivity contribution < 1.29 is 0 Å². The summed E-state index contributed by atoms with van der Waals surface area (Å²) in [5, 5.41) is 0. The molecule has 0 rings (SSSR count). The van der Waals surface area contributed by atoms with Crippen molar-refractivity contribution >= 4 is 0 Å². The fourth-order valence-corrected chi connectivity index (χ4v) is 1.05. The van der Waals surface area contributed by atoms with Crippen LogP contribution >= 0.6 is 0 Å². The Labute approximate surface area is 68.3 Å². The van der Waals surface area contributed by atoms with E-state index in [-0.39, 0.29) is 0 Å². The van der Waals surface area contributed by atoms with Crippen molar-refractivity contribution in [3.05, 3.63) is 0 Å². The van der Waals surface area contributed by atoms with Gasteiger partial charge >= 0.3 is 0 Å². The molecule has 0 fully saturated rings. The average Bonchev–Trinajstić information content (AvgIpc) is 2.07. The van der Waals surface area contributed by atoms with Gasteiger partial charge in [-0.05, 0) is 44.4 Å². The molecule has 0 aliphatic rings. The fourth-order valence-electron chi connectivity index (χ4n) is 1.05. The summed E-state index contributed by atoms with van der Waals surface area (Å²) in [5.74, 6) is 0.763. The molecule has 0 aliphatic heterocycles. The molecule has 0 aromatic carbocycles. The maximum atomic E-state index is 5.48. The van der Waals surface area contributed by atoms with Crippen LogP contribution < -0.4 is 22.9 Å². The molecule has 0 spiro atoms. The molecule has 0 aromatic heterocycles. The van der Waals surface area contributed by atoms with E-state index in [1.807, 2.05) is 0 Å². The van der Waals surface area contributed by atoms with Crippen molar-refractivity contribution in [2.75, 3.05) is 26.2 Å². The molecular formula is C7H20N4. The minimum absolute atomic E-state index is 0.382. The van der Waals surface area contributed by atoms with Crippen molar-refractivity contribution in [2.24, 2.45) is 34.8 Å². The maximum absolute atomic E-state index is 5.48. The van der Waals surface area contributed by atoms with Gasteiger partial charge in [0.25, 0.3) is 0 Å². The number of hydrogen-bond acceptors (Lipinski definition) is 4. The lowest BCUT2D eigenvalue weighted by Gasteiger charge is -2.18. The van der Waals surface area contributed by atoms with Crippen molar-refractivity contribution in [1.29, 1.82) is 0 Å². The van der Waals surface area contributed by atoms with E-state index in [4.69, 9.17) is 22.9 Å². The first-order valence-electron chi connectivity index (χ1n) is 4.08. The lowest BCUT2D eigenvalue weighted by Crippen LogP contribution is -2.31. The molecule has 11 heavy (non-hydrogen) atoms. The Kier molecular flexibility index (Phi) is 6.45. The highest BCUT2D eigenvalue weighted by Gasteiger charge is 2.11. The van der Waals surface area contributed by atoms with Gasteiger partial charge < -0.3 is 22.9 Å². The Hall–Kier alpha value is -0.160. The van der Waals surface area contributed by atoms with Crippen molar-refractivity contribution in [3.63, 3.8) is 0 Å². The smallest absolute Gasteiger partial charge is 0.00367 e. The normalized spacial score (nSPS) is 11.5. The quantitative estimate of drug-likeness (QED) is 0.377. The van der Waals surface area contributed by atoms with Crippen LogP contribution in [0, 0.1) is 11.8 Å². The summed E-state index contributed by atoms with van der Waals surface area (Å²) in [7, 11) is 0. The van der Waals surface area contributed by atoms with E-state index in [9.17, 15) is 0 Å². The van der Waals surface area contributed by atoms with E-state index >= 15 is 0 Å². The van der Waals surface area contributed by atoms with E-state index in [0.29, 0.717) is 38.0 Å². The molecule has 0 bridgehead atoms. The highest BCUT2D eigenvalue weighted by Crippen LogP contribution is 2.07. The molecule has 8 N–H and O–H groups in total. The molecule has 0 amide bonds. The second-order valence-electron chi connectivity index (χ2n) is 2.91. The molecule has 4 nitrogen and oxygen atoms in total. The predicted molar refractivity (Wildman–Crippen MR) is 47.8 cm³/mol. The zero-order valence-electron chi connectivity index (χ0n) is 7.00. The SMILES string of the molecule is NCC(CN)CC(CN)CN. The summed E-state index contributed by atoms with van der Waals surface area (Å²) in [5.41, 5.74) is 21.9. The first-order valence-corrected chi connectivity index (χ1v) is 4.08. The largest absolute Gasteiger partial charge is 0.330 e. The summed E-state index contributed by atoms with van der Waals surface area (Å²) in [6.07, 6.45) is 0.958. The maximum Gasteiger partial charge on any atom is -0.00367 e. The first-order chi connectivity index (χ1) is 5.28. The van der Waals surface area contributed by atoms with Gasteiger partial charge in [-0.25, -0.2) is 0 Å². The molecule has 0 unspecified atom stereocenters. The molecular weight excluding hydrogens is 140 g/mol. The van der Waals surface area contributed by atoms with E-state index < -0.39 is 0 Å². The van der Waals surface area contributed by atoms with Crippen molar-refractivity contribution in [2.45, 2.75) is 6.42 Å². The molecule has 0 heterocycles. The van der Waals surface area contributed by atoms with Crippen LogP contribution in [-0.4, -0.2) is 26.2 Å². The fraction of sp³-hybridized carbons (Fsp3) is 1.00. The molecule has 0 atom stereocenters. The zero-order chi connectivity index (χ0) is 8.69. The minimum atomic E-state index is 0.382. The highest BCUT2D eigenvalue weighted by atomic mass is 14.7. The third kappa shape index (κ3) is 4.31. The van der Waals surface area contributed by atoms with Crippen LogP contribution in [-0.2, 0) is 0 Å². The van der Waals surface area contributed by atoms with Gasteiger partial charge in [0.15, 0.2) is 0 Å². The van der Waals surface area contributed by atoms with Gasteiger partial charge in [-0.1, -0.05) is 0 Å². The number of hydrogen-bond donors (Lipinski definition) is 4. The zero-order valence-corrected chi connectivity index (χ0v) is 7.00. The van der Waals surface area contributed by atoms with E-state index in [0.717, 1.165) is 6.42 Å². The Morgan fingerprint density at radius 3 is 1.09 bits per heavy atom. The van der Waals surface area contributed by atoms with Crippen LogP contribution in [0.5, 0.6) is 0 Å². The van der Waals surface area contributed by atoms with Gasteiger partial charge in [0.05, 0.1) is 0 Å². The lowest BCUT2D eigenvalue weighted by molar-refractivity contribution is 0.392. The summed E-state index contributed by atoms with van der Waals surface area (Å²) < 4.78 is 0. The van der Waals surface area contributed by atoms with Crippen LogP contribution in [0.25, 0.3) is 0 Å². The molecule has 68 valence electrons. The van der Waals surface area contributed by atoms with Crippen LogP contribution in [0.15, 0.2) is 0 Å². The monoisotopic (exact) mass is 160 g/mol. The summed E-state index contributed by atoms with van der Waals surface area (Å²) in [6, 6.07) is 0. The standard InChI is InChI=1S/C7H20N4/c8-2-6(3-9)1-7(4-10)5-11/h6-7H,1-5,8-11H2. The van der Waals surface area contributed by atoms with Gasteiger partial charge in [0, 0.05) is 0 Å². The molecule has 0 saturated carbocycles. The van der Waals surface area contributed by atoms with Crippen molar-refractivity contribution in [1.82, 2.24) is 0 Å². The summed E-state index contributed by atoms with van der Waals surface area (Å²) in [6.45, 7) is 2.53. The lowest BCUT2D eigenvalue weighted by atomic mass is 9.95. The molecule has 0 aliphatic carbocycles. The third-order valence-corrected chi connectivity index (χ3v) is 2.00. The van der Waals surface area contributed by atoms with E-state index in [1.165, 1.54) is 0 Å². The van der Waals surface area contributed by atoms with Crippen LogP contribution in [0.4, 0.5) is 0 Å². The Balaban J connectivity index is 3.58. The van der Waals surface area contributed by atoms with Crippen LogP contribution in [0.2, 0.25) is 0 Å². The molecule has 0 radical (unpaired) electrons. The van der Waals surface area contributed by atoms with Crippen LogP contribution in [0.3, 0.4) is 0 Å². The van der Waals surface area contributed by atoms with Gasteiger partial charge in [-0.3, -0.25) is 0 Å². The van der Waals surface area contributed by atoms with Gasteiger partial charge in [0.1, 0.15) is 0 Å².